The van der Waals surface area contributed by atoms with Crippen LogP contribution in [0.4, 0.5) is 17.1 Å². The number of amides is 1. The van der Waals surface area contributed by atoms with Crippen molar-refractivity contribution in [2.24, 2.45) is 0 Å². The standard InChI is InChI=1S/C18H19N3O5S/c1-2-18(22)20-11-3-4-13-12-14(5-10-17(13)20)19-27(25,26)16-8-6-15(7-9-16)21(23)24/h5-10,12,19H,2-4,11H2,1H3. The number of rotatable bonds is 5. The van der Waals surface area contributed by atoms with Gasteiger partial charge in [-0.25, -0.2) is 8.42 Å². The molecule has 1 heterocycles. The minimum Gasteiger partial charge on any atom is -0.312 e. The van der Waals surface area contributed by atoms with Crippen LogP contribution in [0.2, 0.25) is 0 Å². The van der Waals surface area contributed by atoms with E-state index >= 15 is 0 Å². The van der Waals surface area contributed by atoms with Crippen molar-refractivity contribution >= 4 is 33.0 Å². The first-order valence-electron chi connectivity index (χ1n) is 8.52. The van der Waals surface area contributed by atoms with Crippen LogP contribution in [0.25, 0.3) is 0 Å². The molecule has 0 saturated carbocycles. The molecule has 0 aromatic heterocycles. The number of aryl methyl sites for hydroxylation is 1. The van der Waals surface area contributed by atoms with Crippen LogP contribution in [0.5, 0.6) is 0 Å². The van der Waals surface area contributed by atoms with Crippen LogP contribution < -0.4 is 9.62 Å². The molecule has 0 unspecified atom stereocenters. The monoisotopic (exact) mass is 389 g/mol. The lowest BCUT2D eigenvalue weighted by molar-refractivity contribution is -0.384. The fourth-order valence-electron chi connectivity index (χ4n) is 3.07. The quantitative estimate of drug-likeness (QED) is 0.624. The molecule has 1 N–H and O–H groups in total. The van der Waals surface area contributed by atoms with Gasteiger partial charge in [0, 0.05) is 36.5 Å². The zero-order valence-electron chi connectivity index (χ0n) is 14.7. The van der Waals surface area contributed by atoms with E-state index in [9.17, 15) is 23.3 Å². The molecule has 2 aromatic carbocycles. The lowest BCUT2D eigenvalue weighted by Crippen LogP contribution is -2.34. The number of nitro groups is 1. The summed E-state index contributed by atoms with van der Waals surface area (Å²) in [6, 6.07) is 9.78. The molecule has 0 saturated heterocycles. The van der Waals surface area contributed by atoms with E-state index in [0.29, 0.717) is 18.7 Å². The highest BCUT2D eigenvalue weighted by Gasteiger charge is 2.22. The van der Waals surface area contributed by atoms with Crippen molar-refractivity contribution in [2.45, 2.75) is 31.1 Å². The van der Waals surface area contributed by atoms with Gasteiger partial charge in [-0.2, -0.15) is 0 Å². The number of sulfonamides is 1. The summed E-state index contributed by atoms with van der Waals surface area (Å²) in [5, 5.41) is 10.7. The zero-order valence-corrected chi connectivity index (χ0v) is 15.5. The van der Waals surface area contributed by atoms with Gasteiger partial charge in [0.05, 0.1) is 9.82 Å². The molecule has 1 aliphatic heterocycles. The van der Waals surface area contributed by atoms with Gasteiger partial charge in [-0.15, -0.1) is 0 Å². The molecule has 0 radical (unpaired) electrons. The molecule has 1 amide bonds. The number of hydrogen-bond acceptors (Lipinski definition) is 5. The SMILES string of the molecule is CCC(=O)N1CCCc2cc(NS(=O)(=O)c3ccc([N+](=O)[O-])cc3)ccc21. The van der Waals surface area contributed by atoms with E-state index in [1.165, 1.54) is 12.1 Å². The number of fused-ring (bicyclic) bond motifs is 1. The second-order valence-electron chi connectivity index (χ2n) is 6.20. The van der Waals surface area contributed by atoms with Gasteiger partial charge in [0.25, 0.3) is 15.7 Å². The molecule has 3 rings (SSSR count). The second-order valence-corrected chi connectivity index (χ2v) is 7.88. The van der Waals surface area contributed by atoms with Gasteiger partial charge in [-0.3, -0.25) is 19.6 Å². The minimum atomic E-state index is -3.87. The Morgan fingerprint density at radius 1 is 1.22 bits per heavy atom. The van der Waals surface area contributed by atoms with E-state index in [0.717, 1.165) is 36.2 Å². The van der Waals surface area contributed by atoms with Crippen molar-refractivity contribution in [3.63, 3.8) is 0 Å². The maximum absolute atomic E-state index is 12.5. The smallest absolute Gasteiger partial charge is 0.269 e. The third kappa shape index (κ3) is 3.92. The summed E-state index contributed by atoms with van der Waals surface area (Å²) in [6.45, 7) is 2.47. The largest absolute Gasteiger partial charge is 0.312 e. The van der Waals surface area contributed by atoms with Gasteiger partial charge in [-0.05, 0) is 48.7 Å². The topological polar surface area (TPSA) is 110 Å². The molecule has 1 aliphatic rings. The molecule has 0 atom stereocenters. The molecule has 0 aliphatic carbocycles. The van der Waals surface area contributed by atoms with Crippen molar-refractivity contribution in [1.82, 2.24) is 0 Å². The van der Waals surface area contributed by atoms with Gasteiger partial charge in [0.15, 0.2) is 0 Å². The normalized spacial score (nSPS) is 13.7. The van der Waals surface area contributed by atoms with Crippen LogP contribution in [0, 0.1) is 10.1 Å². The number of anilines is 2. The molecule has 8 nitrogen and oxygen atoms in total. The van der Waals surface area contributed by atoms with Crippen LogP contribution in [-0.4, -0.2) is 25.8 Å². The number of non-ortho nitro benzene ring substituents is 1. The van der Waals surface area contributed by atoms with Crippen molar-refractivity contribution in [2.75, 3.05) is 16.2 Å². The number of carbonyl (C=O) groups is 1. The maximum Gasteiger partial charge on any atom is 0.269 e. The summed E-state index contributed by atoms with van der Waals surface area (Å²) >= 11 is 0. The molecule has 0 bridgehead atoms. The fraction of sp³-hybridized carbons (Fsp3) is 0.278. The van der Waals surface area contributed by atoms with E-state index < -0.39 is 14.9 Å². The Morgan fingerprint density at radius 3 is 2.56 bits per heavy atom. The first-order valence-corrected chi connectivity index (χ1v) is 10.0. The highest BCUT2D eigenvalue weighted by Crippen LogP contribution is 2.31. The number of carbonyl (C=O) groups excluding carboxylic acids is 1. The van der Waals surface area contributed by atoms with Crippen LogP contribution in [0.1, 0.15) is 25.3 Å². The Morgan fingerprint density at radius 2 is 1.93 bits per heavy atom. The number of benzene rings is 2. The van der Waals surface area contributed by atoms with Gasteiger partial charge in [0.2, 0.25) is 5.91 Å². The zero-order chi connectivity index (χ0) is 19.6. The summed E-state index contributed by atoms with van der Waals surface area (Å²) in [5.41, 5.74) is 1.93. The summed E-state index contributed by atoms with van der Waals surface area (Å²) in [4.78, 5) is 23.8. The molecule has 2 aromatic rings. The summed E-state index contributed by atoms with van der Waals surface area (Å²) in [6.07, 6.45) is 1.99. The van der Waals surface area contributed by atoms with Crippen molar-refractivity contribution in [3.05, 3.63) is 58.1 Å². The van der Waals surface area contributed by atoms with Crippen molar-refractivity contribution < 1.29 is 18.1 Å². The van der Waals surface area contributed by atoms with E-state index in [-0.39, 0.29) is 16.5 Å². The van der Waals surface area contributed by atoms with E-state index in [4.69, 9.17) is 0 Å². The third-order valence-corrected chi connectivity index (χ3v) is 5.81. The predicted octanol–water partition coefficient (Wildman–Crippen LogP) is 3.08. The number of nitrogens with one attached hydrogen (secondary N) is 1. The first kappa shape index (κ1) is 18.8. The maximum atomic E-state index is 12.5. The van der Waals surface area contributed by atoms with E-state index in [1.807, 2.05) is 6.92 Å². The van der Waals surface area contributed by atoms with Crippen LogP contribution in [0.15, 0.2) is 47.4 Å². The first-order chi connectivity index (χ1) is 12.8. The number of nitrogens with zero attached hydrogens (tertiary/aromatic N) is 2. The molecular weight excluding hydrogens is 370 g/mol. The third-order valence-electron chi connectivity index (χ3n) is 4.41. The average Bonchev–Trinajstić information content (AvgIpc) is 2.66. The number of nitro benzene ring substituents is 1. The van der Waals surface area contributed by atoms with Crippen molar-refractivity contribution in [3.8, 4) is 0 Å². The Kier molecular flexibility index (Phi) is 5.13. The van der Waals surface area contributed by atoms with Gasteiger partial charge in [0.1, 0.15) is 0 Å². The summed E-state index contributed by atoms with van der Waals surface area (Å²) < 4.78 is 27.5. The van der Waals surface area contributed by atoms with Crippen LogP contribution in [0.3, 0.4) is 0 Å². The molecule has 27 heavy (non-hydrogen) atoms. The molecule has 0 spiro atoms. The van der Waals surface area contributed by atoms with Gasteiger partial charge >= 0.3 is 0 Å². The predicted molar refractivity (Wildman–Crippen MR) is 101 cm³/mol. The Labute approximate surface area is 157 Å². The summed E-state index contributed by atoms with van der Waals surface area (Å²) in [7, 11) is -3.87. The molecular formula is C18H19N3O5S. The van der Waals surface area contributed by atoms with Gasteiger partial charge in [-0.1, -0.05) is 6.92 Å². The van der Waals surface area contributed by atoms with E-state index in [2.05, 4.69) is 4.72 Å². The Bertz CT molecular complexity index is 987. The average molecular weight is 389 g/mol. The fourth-order valence-corrected chi connectivity index (χ4v) is 4.12. The Hall–Kier alpha value is -2.94. The minimum absolute atomic E-state index is 0.0372. The molecule has 0 fully saturated rings. The lowest BCUT2D eigenvalue weighted by atomic mass is 10.0. The highest BCUT2D eigenvalue weighted by atomic mass is 32.2. The van der Waals surface area contributed by atoms with Gasteiger partial charge < -0.3 is 4.90 Å². The molecule has 142 valence electrons. The number of hydrogen-bond donors (Lipinski definition) is 1. The Balaban J connectivity index is 1.85. The molecule has 9 heteroatoms. The van der Waals surface area contributed by atoms with Crippen LogP contribution >= 0.6 is 0 Å². The lowest BCUT2D eigenvalue weighted by Gasteiger charge is -2.29. The second kappa shape index (κ2) is 7.36. The van der Waals surface area contributed by atoms with E-state index in [1.54, 1.807) is 23.1 Å². The van der Waals surface area contributed by atoms with Crippen molar-refractivity contribution in [1.29, 1.82) is 0 Å². The highest BCUT2D eigenvalue weighted by molar-refractivity contribution is 7.92. The summed E-state index contributed by atoms with van der Waals surface area (Å²) in [5.74, 6) is 0.0372. The van der Waals surface area contributed by atoms with Crippen LogP contribution in [-0.2, 0) is 21.2 Å².